The Labute approximate surface area is 187 Å². The highest BCUT2D eigenvalue weighted by Crippen LogP contribution is 2.33. The highest BCUT2D eigenvalue weighted by molar-refractivity contribution is 5.91. The first-order valence-corrected chi connectivity index (χ1v) is 11.0. The van der Waals surface area contributed by atoms with E-state index in [0.29, 0.717) is 5.56 Å². The maximum absolute atomic E-state index is 9.72. The summed E-state index contributed by atoms with van der Waals surface area (Å²) in [4.78, 5) is 16.9. The van der Waals surface area contributed by atoms with Gasteiger partial charge in [0.1, 0.15) is 6.07 Å². The fourth-order valence-corrected chi connectivity index (χ4v) is 4.55. The highest BCUT2D eigenvalue weighted by atomic mass is 14.8. The fourth-order valence-electron chi connectivity index (χ4n) is 4.55. The molecule has 5 nitrogen and oxygen atoms in total. The third-order valence-corrected chi connectivity index (χ3v) is 6.95. The van der Waals surface area contributed by atoms with Crippen LogP contribution in [0.5, 0.6) is 0 Å². The second-order valence-corrected chi connectivity index (χ2v) is 9.62. The van der Waals surface area contributed by atoms with E-state index in [2.05, 4.69) is 69.7 Å². The number of aryl methyl sites for hydroxylation is 2. The molecule has 160 valence electrons. The van der Waals surface area contributed by atoms with Gasteiger partial charge in [0.25, 0.3) is 0 Å². The Balaban J connectivity index is 1.96. The number of nitrogens with zero attached hydrogens (tertiary/aromatic N) is 3. The minimum Gasteiger partial charge on any atom is -0.355 e. The van der Waals surface area contributed by atoms with Gasteiger partial charge in [-0.25, -0.2) is 4.98 Å². The zero-order valence-corrected chi connectivity index (χ0v) is 19.4. The minimum absolute atomic E-state index is 0.110. The number of rotatable bonds is 0. The van der Waals surface area contributed by atoms with Gasteiger partial charge in [0.2, 0.25) is 0 Å². The van der Waals surface area contributed by atoms with Gasteiger partial charge < -0.3 is 9.97 Å². The van der Waals surface area contributed by atoms with Gasteiger partial charge in [0, 0.05) is 39.8 Å². The van der Waals surface area contributed by atoms with Crippen molar-refractivity contribution in [3.8, 4) is 6.07 Å². The van der Waals surface area contributed by atoms with Crippen molar-refractivity contribution in [2.45, 2.75) is 53.4 Å². The van der Waals surface area contributed by atoms with Crippen molar-refractivity contribution in [3.63, 3.8) is 0 Å². The number of aromatic nitrogens is 4. The summed E-state index contributed by atoms with van der Waals surface area (Å²) in [6.07, 6.45) is 0.850. The van der Waals surface area contributed by atoms with Crippen LogP contribution in [0.1, 0.15) is 67.2 Å². The molecule has 5 heteroatoms. The number of H-pyrrole nitrogens is 2. The first-order chi connectivity index (χ1) is 15.2. The lowest BCUT2D eigenvalue weighted by molar-refractivity contribution is 0.543. The summed E-state index contributed by atoms with van der Waals surface area (Å²) in [5, 5.41) is 9.72. The van der Waals surface area contributed by atoms with Crippen LogP contribution in [0.4, 0.5) is 0 Å². The molecule has 8 bridgehead atoms. The lowest BCUT2D eigenvalue weighted by Gasteiger charge is -2.15. The molecule has 32 heavy (non-hydrogen) atoms. The van der Waals surface area contributed by atoms with Gasteiger partial charge in [-0.1, -0.05) is 13.8 Å². The van der Waals surface area contributed by atoms with E-state index in [9.17, 15) is 5.26 Å². The molecule has 0 spiro atoms. The summed E-state index contributed by atoms with van der Waals surface area (Å²) in [6, 6.07) is 12.6. The molecule has 0 aliphatic carbocycles. The smallest absolute Gasteiger partial charge is 0.101 e. The van der Waals surface area contributed by atoms with Gasteiger partial charge in [0.05, 0.1) is 22.5 Å². The zero-order valence-electron chi connectivity index (χ0n) is 19.4. The van der Waals surface area contributed by atoms with E-state index in [0.717, 1.165) is 62.4 Å². The summed E-state index contributed by atoms with van der Waals surface area (Å²) in [6.45, 7) is 12.9. The standard InChI is InChI=1S/C27H27N5/c1-14-16(3)23-10-24-17(4)15(2)22(32-24)9-20-12-27(5,6)26(30-20)11-25-18(13-28)7-19(29-25)8-21(14)31-23/h7-11,29,32H,12H2,1-6H3. The van der Waals surface area contributed by atoms with E-state index < -0.39 is 0 Å². The van der Waals surface area contributed by atoms with E-state index >= 15 is 0 Å². The van der Waals surface area contributed by atoms with Gasteiger partial charge in [-0.3, -0.25) is 4.98 Å². The number of fused-ring (bicyclic) bond motifs is 8. The number of nitriles is 1. The number of aromatic amines is 2. The minimum atomic E-state index is -0.110. The van der Waals surface area contributed by atoms with Crippen LogP contribution in [-0.2, 0) is 11.8 Å². The average Bonchev–Trinajstić information content (AvgIpc) is 3.41. The molecule has 5 rings (SSSR count). The second kappa shape index (κ2) is 6.93. The Morgan fingerprint density at radius 1 is 0.812 bits per heavy atom. The highest BCUT2D eigenvalue weighted by Gasteiger charge is 2.28. The molecule has 2 aliphatic heterocycles. The zero-order chi connectivity index (χ0) is 22.8. The Morgan fingerprint density at radius 2 is 1.47 bits per heavy atom. The van der Waals surface area contributed by atoms with Crippen LogP contribution < -0.4 is 0 Å². The molecule has 0 saturated carbocycles. The number of hydrogen-bond donors (Lipinski definition) is 2. The third kappa shape index (κ3) is 3.15. The van der Waals surface area contributed by atoms with E-state index in [1.807, 2.05) is 18.2 Å². The largest absolute Gasteiger partial charge is 0.355 e. The van der Waals surface area contributed by atoms with Gasteiger partial charge in [0.15, 0.2) is 0 Å². The SMILES string of the molecule is CC1=C(C)c2cc3[nH]c(cc4nc(cc5[nH]c(cc1n2)cc5C#N)C(C)(C)C4)c(C)c3C. The van der Waals surface area contributed by atoms with Crippen LogP contribution in [-0.4, -0.2) is 19.9 Å². The van der Waals surface area contributed by atoms with Crippen LogP contribution in [0.15, 0.2) is 30.3 Å². The van der Waals surface area contributed by atoms with Gasteiger partial charge >= 0.3 is 0 Å². The third-order valence-electron chi connectivity index (χ3n) is 6.95. The molecule has 0 amide bonds. The Bertz CT molecular complexity index is 1520. The fraction of sp³-hybridized carbons (Fsp3) is 0.296. The van der Waals surface area contributed by atoms with Gasteiger partial charge in [-0.05, 0) is 80.3 Å². The molecule has 0 aromatic carbocycles. The molecule has 0 saturated heterocycles. The first-order valence-electron chi connectivity index (χ1n) is 11.0. The number of hydrogen-bond acceptors (Lipinski definition) is 3. The monoisotopic (exact) mass is 421 g/mol. The molecule has 0 fully saturated rings. The summed E-state index contributed by atoms with van der Waals surface area (Å²) in [7, 11) is 0. The number of allylic oxidation sites excluding steroid dienone is 2. The molecule has 0 atom stereocenters. The molecule has 0 unspecified atom stereocenters. The van der Waals surface area contributed by atoms with Crippen LogP contribution in [0.25, 0.3) is 33.2 Å². The van der Waals surface area contributed by atoms with Crippen LogP contribution in [0.2, 0.25) is 0 Å². The van der Waals surface area contributed by atoms with Crippen molar-refractivity contribution in [2.75, 3.05) is 0 Å². The first kappa shape index (κ1) is 20.3. The van der Waals surface area contributed by atoms with Gasteiger partial charge in [-0.2, -0.15) is 5.26 Å². The van der Waals surface area contributed by atoms with Crippen molar-refractivity contribution in [2.24, 2.45) is 0 Å². The van der Waals surface area contributed by atoms with E-state index in [1.54, 1.807) is 0 Å². The Kier molecular flexibility index (Phi) is 4.39. The molecular formula is C27H27N5. The van der Waals surface area contributed by atoms with Crippen molar-refractivity contribution < 1.29 is 0 Å². The van der Waals surface area contributed by atoms with Crippen molar-refractivity contribution in [3.05, 3.63) is 69.8 Å². The molecule has 2 N–H and O–H groups in total. The quantitative estimate of drug-likeness (QED) is 0.448. The lowest BCUT2D eigenvalue weighted by Crippen LogP contribution is -2.14. The lowest BCUT2D eigenvalue weighted by atomic mass is 9.87. The average molecular weight is 422 g/mol. The van der Waals surface area contributed by atoms with E-state index in [1.165, 1.54) is 11.1 Å². The van der Waals surface area contributed by atoms with E-state index in [4.69, 9.17) is 9.97 Å². The maximum Gasteiger partial charge on any atom is 0.101 e. The normalized spacial score (nSPS) is 15.2. The Hall–Kier alpha value is -3.65. The molecule has 3 aromatic rings. The molecular weight excluding hydrogens is 394 g/mol. The van der Waals surface area contributed by atoms with Gasteiger partial charge in [-0.15, -0.1) is 0 Å². The Morgan fingerprint density at radius 3 is 2.16 bits per heavy atom. The van der Waals surface area contributed by atoms with Crippen LogP contribution in [0, 0.1) is 25.2 Å². The second-order valence-electron chi connectivity index (χ2n) is 9.62. The van der Waals surface area contributed by atoms with Crippen LogP contribution >= 0.6 is 0 Å². The maximum atomic E-state index is 9.72. The van der Waals surface area contributed by atoms with Crippen molar-refractivity contribution in [1.29, 1.82) is 5.26 Å². The predicted molar refractivity (Wildman–Crippen MR) is 130 cm³/mol. The number of nitrogens with one attached hydrogen (secondary N) is 2. The molecule has 2 aliphatic rings. The molecule has 0 radical (unpaired) electrons. The molecule has 5 heterocycles. The van der Waals surface area contributed by atoms with E-state index in [-0.39, 0.29) is 5.41 Å². The van der Waals surface area contributed by atoms with Crippen molar-refractivity contribution >= 4 is 33.2 Å². The summed E-state index contributed by atoms with van der Waals surface area (Å²) in [5.74, 6) is 0. The summed E-state index contributed by atoms with van der Waals surface area (Å²) >= 11 is 0. The topological polar surface area (TPSA) is 81.2 Å². The molecule has 3 aromatic heterocycles. The van der Waals surface area contributed by atoms with Crippen LogP contribution in [0.3, 0.4) is 0 Å². The predicted octanol–water partition coefficient (Wildman–Crippen LogP) is 6.27. The summed E-state index contributed by atoms with van der Waals surface area (Å²) in [5.41, 5.74) is 13.0. The van der Waals surface area contributed by atoms with Crippen molar-refractivity contribution in [1.82, 2.24) is 19.9 Å². The summed E-state index contributed by atoms with van der Waals surface area (Å²) < 4.78 is 0.